The molecule has 0 aromatic heterocycles. The van der Waals surface area contributed by atoms with E-state index < -0.39 is 10.0 Å². The SMILES string of the molecule is O=C(N[C@H]1C[C@H]2CC[C@H]1C2)c1ccc(CS(=O)(=O)N2CCCCC2)cc1. The van der Waals surface area contributed by atoms with Gasteiger partial charge in [0.05, 0.1) is 5.75 Å². The van der Waals surface area contributed by atoms with Crippen molar-refractivity contribution in [3.05, 3.63) is 35.4 Å². The van der Waals surface area contributed by atoms with Crippen LogP contribution in [-0.2, 0) is 15.8 Å². The lowest BCUT2D eigenvalue weighted by Gasteiger charge is -2.26. The Labute approximate surface area is 156 Å². The van der Waals surface area contributed by atoms with Crippen molar-refractivity contribution in [2.75, 3.05) is 13.1 Å². The van der Waals surface area contributed by atoms with Gasteiger partial charge in [-0.2, -0.15) is 0 Å². The molecular formula is C20H28N2O3S. The summed E-state index contributed by atoms with van der Waals surface area (Å²) in [7, 11) is -3.26. The highest BCUT2D eigenvalue weighted by Gasteiger charge is 2.40. The number of carbonyl (C=O) groups is 1. The molecule has 1 amide bonds. The van der Waals surface area contributed by atoms with Gasteiger partial charge < -0.3 is 5.32 Å². The maximum absolute atomic E-state index is 12.5. The van der Waals surface area contributed by atoms with E-state index in [1.807, 2.05) is 0 Å². The summed E-state index contributed by atoms with van der Waals surface area (Å²) in [5.41, 5.74) is 1.36. The van der Waals surface area contributed by atoms with Crippen LogP contribution in [0.3, 0.4) is 0 Å². The monoisotopic (exact) mass is 376 g/mol. The van der Waals surface area contributed by atoms with E-state index in [0.29, 0.717) is 30.6 Å². The van der Waals surface area contributed by atoms with Crippen molar-refractivity contribution < 1.29 is 13.2 Å². The molecule has 1 heterocycles. The van der Waals surface area contributed by atoms with Gasteiger partial charge in [0, 0.05) is 24.7 Å². The number of amides is 1. The lowest BCUT2D eigenvalue weighted by atomic mass is 9.95. The molecule has 0 radical (unpaired) electrons. The predicted molar refractivity (Wildman–Crippen MR) is 101 cm³/mol. The normalized spacial score (nSPS) is 29.0. The van der Waals surface area contributed by atoms with E-state index in [2.05, 4.69) is 5.32 Å². The molecule has 0 unspecified atom stereocenters. The minimum Gasteiger partial charge on any atom is -0.349 e. The third-order valence-corrected chi connectivity index (χ3v) is 8.18. The van der Waals surface area contributed by atoms with Crippen LogP contribution in [0.5, 0.6) is 0 Å². The second-order valence-corrected chi connectivity index (χ2v) is 10.1. The average Bonchev–Trinajstić information content (AvgIpc) is 3.26. The fraction of sp³-hybridized carbons (Fsp3) is 0.650. The van der Waals surface area contributed by atoms with Gasteiger partial charge in [0.25, 0.3) is 5.91 Å². The number of carbonyl (C=O) groups excluding carboxylic acids is 1. The predicted octanol–water partition coefficient (Wildman–Crippen LogP) is 2.92. The van der Waals surface area contributed by atoms with Crippen molar-refractivity contribution in [2.45, 2.75) is 56.7 Å². The van der Waals surface area contributed by atoms with Crippen LogP contribution >= 0.6 is 0 Å². The Hall–Kier alpha value is -1.40. The van der Waals surface area contributed by atoms with Crippen LogP contribution in [-0.4, -0.2) is 37.8 Å². The third kappa shape index (κ3) is 3.81. The van der Waals surface area contributed by atoms with Crippen molar-refractivity contribution in [1.29, 1.82) is 0 Å². The van der Waals surface area contributed by atoms with Gasteiger partial charge in [-0.1, -0.05) is 25.0 Å². The van der Waals surface area contributed by atoms with E-state index in [1.165, 1.54) is 19.3 Å². The van der Waals surface area contributed by atoms with E-state index >= 15 is 0 Å². The first-order valence-electron chi connectivity index (χ1n) is 9.89. The van der Waals surface area contributed by atoms with Crippen LogP contribution in [0.15, 0.2) is 24.3 Å². The van der Waals surface area contributed by atoms with E-state index in [-0.39, 0.29) is 11.7 Å². The molecule has 1 aromatic rings. The Morgan fingerprint density at radius 3 is 2.38 bits per heavy atom. The summed E-state index contributed by atoms with van der Waals surface area (Å²) >= 11 is 0. The highest BCUT2D eigenvalue weighted by atomic mass is 32.2. The molecule has 26 heavy (non-hydrogen) atoms. The molecule has 142 valence electrons. The molecule has 0 spiro atoms. The number of hydrogen-bond acceptors (Lipinski definition) is 3. The summed E-state index contributed by atoms with van der Waals surface area (Å²) in [6.45, 7) is 1.26. The minimum absolute atomic E-state index is 0.0152. The average molecular weight is 377 g/mol. The standard InChI is InChI=1S/C20H28N2O3S/c23-20(21-19-13-16-6-9-18(19)12-16)17-7-4-15(5-8-17)14-26(24,25)22-10-2-1-3-11-22/h4-5,7-8,16,18-19H,1-3,6,9-14H2,(H,21,23)/t16-,18-,19-/m0/s1. The zero-order valence-electron chi connectivity index (χ0n) is 15.2. The number of piperidine rings is 1. The van der Waals surface area contributed by atoms with E-state index in [0.717, 1.165) is 37.2 Å². The lowest BCUT2D eigenvalue weighted by Crippen LogP contribution is -2.38. The van der Waals surface area contributed by atoms with Crippen molar-refractivity contribution >= 4 is 15.9 Å². The fourth-order valence-electron chi connectivity index (χ4n) is 4.87. The van der Waals surface area contributed by atoms with E-state index in [9.17, 15) is 13.2 Å². The summed E-state index contributed by atoms with van der Waals surface area (Å²) < 4.78 is 26.7. The first kappa shape index (κ1) is 18.0. The topological polar surface area (TPSA) is 66.5 Å². The number of benzene rings is 1. The molecule has 3 atom stereocenters. The molecule has 5 nitrogen and oxygen atoms in total. The van der Waals surface area contributed by atoms with Crippen LogP contribution in [0.25, 0.3) is 0 Å². The van der Waals surface area contributed by atoms with Crippen molar-refractivity contribution in [3.63, 3.8) is 0 Å². The summed E-state index contributed by atoms with van der Waals surface area (Å²) in [5.74, 6) is 1.43. The maximum Gasteiger partial charge on any atom is 0.251 e. The Morgan fingerprint density at radius 1 is 1.04 bits per heavy atom. The molecule has 3 fully saturated rings. The van der Waals surface area contributed by atoms with Gasteiger partial charge in [0.2, 0.25) is 10.0 Å². The number of rotatable bonds is 5. The van der Waals surface area contributed by atoms with Crippen molar-refractivity contribution in [2.24, 2.45) is 11.8 Å². The second-order valence-electron chi connectivity index (χ2n) is 8.17. The molecule has 3 aliphatic rings. The molecule has 1 aliphatic heterocycles. The Kier molecular flexibility index (Phi) is 5.06. The van der Waals surface area contributed by atoms with E-state index in [4.69, 9.17) is 0 Å². The van der Waals surface area contributed by atoms with Crippen molar-refractivity contribution in [3.8, 4) is 0 Å². The highest BCUT2D eigenvalue weighted by Crippen LogP contribution is 2.44. The minimum atomic E-state index is -3.26. The molecule has 1 saturated heterocycles. The van der Waals surface area contributed by atoms with Gasteiger partial charge in [-0.3, -0.25) is 4.79 Å². The smallest absolute Gasteiger partial charge is 0.251 e. The Balaban J connectivity index is 1.36. The van der Waals surface area contributed by atoms with Gasteiger partial charge >= 0.3 is 0 Å². The molecule has 4 rings (SSSR count). The van der Waals surface area contributed by atoms with Gasteiger partial charge in [-0.25, -0.2) is 12.7 Å². The van der Waals surface area contributed by atoms with E-state index in [1.54, 1.807) is 28.6 Å². The van der Waals surface area contributed by atoms with Crippen LogP contribution < -0.4 is 5.32 Å². The largest absolute Gasteiger partial charge is 0.349 e. The van der Waals surface area contributed by atoms with Crippen LogP contribution in [0.4, 0.5) is 0 Å². The molecule has 2 bridgehead atoms. The zero-order chi connectivity index (χ0) is 18.1. The molecule has 1 aromatic carbocycles. The maximum atomic E-state index is 12.5. The number of nitrogens with zero attached hydrogens (tertiary/aromatic N) is 1. The van der Waals surface area contributed by atoms with Crippen LogP contribution in [0, 0.1) is 11.8 Å². The number of sulfonamides is 1. The molecule has 2 aliphatic carbocycles. The summed E-state index contributed by atoms with van der Waals surface area (Å²) in [4.78, 5) is 12.5. The Morgan fingerprint density at radius 2 is 1.77 bits per heavy atom. The van der Waals surface area contributed by atoms with Gasteiger partial charge in [0.1, 0.15) is 0 Å². The van der Waals surface area contributed by atoms with Crippen LogP contribution in [0.2, 0.25) is 0 Å². The fourth-order valence-corrected chi connectivity index (χ4v) is 6.48. The number of nitrogens with one attached hydrogen (secondary N) is 1. The van der Waals surface area contributed by atoms with Gasteiger partial charge in [-0.05, 0) is 61.6 Å². The molecule has 1 N–H and O–H groups in total. The third-order valence-electron chi connectivity index (χ3n) is 6.33. The van der Waals surface area contributed by atoms with Crippen LogP contribution in [0.1, 0.15) is 60.9 Å². The lowest BCUT2D eigenvalue weighted by molar-refractivity contribution is 0.0923. The zero-order valence-corrected chi connectivity index (χ0v) is 16.0. The summed E-state index contributed by atoms with van der Waals surface area (Å²) in [5, 5.41) is 3.18. The first-order valence-corrected chi connectivity index (χ1v) is 11.5. The summed E-state index contributed by atoms with van der Waals surface area (Å²) in [6, 6.07) is 7.38. The number of fused-ring (bicyclic) bond motifs is 2. The summed E-state index contributed by atoms with van der Waals surface area (Å²) in [6.07, 6.45) is 7.93. The molecular weight excluding hydrogens is 348 g/mol. The van der Waals surface area contributed by atoms with Gasteiger partial charge in [0.15, 0.2) is 0 Å². The Bertz CT molecular complexity index is 754. The van der Waals surface area contributed by atoms with Gasteiger partial charge in [-0.15, -0.1) is 0 Å². The quantitative estimate of drug-likeness (QED) is 0.859. The second kappa shape index (κ2) is 7.31. The molecule has 6 heteroatoms. The highest BCUT2D eigenvalue weighted by molar-refractivity contribution is 7.88. The number of hydrogen-bond donors (Lipinski definition) is 1. The first-order chi connectivity index (χ1) is 12.5. The molecule has 2 saturated carbocycles. The van der Waals surface area contributed by atoms with Crippen molar-refractivity contribution in [1.82, 2.24) is 9.62 Å².